The number of piperazine rings is 1. The maximum Gasteiger partial charge on any atom is 0.416 e. The molecule has 2 rings (SSSR count). The molecule has 0 saturated carbocycles. The number of benzene rings is 1. The van der Waals surface area contributed by atoms with Gasteiger partial charge in [0.2, 0.25) is 0 Å². The highest BCUT2D eigenvalue weighted by Crippen LogP contribution is 2.34. The number of likely N-dealkylation sites (N-methyl/N-ethyl adjacent to an activating group) is 1. The maximum atomic E-state index is 13.3. The molecule has 1 saturated heterocycles. The van der Waals surface area contributed by atoms with Gasteiger partial charge in [0.05, 0.1) is 5.56 Å². The summed E-state index contributed by atoms with van der Waals surface area (Å²) in [7, 11) is 2.04. The van der Waals surface area contributed by atoms with E-state index < -0.39 is 11.7 Å². The van der Waals surface area contributed by atoms with Crippen molar-refractivity contribution in [3.05, 3.63) is 34.9 Å². The van der Waals surface area contributed by atoms with Gasteiger partial charge in [-0.15, -0.1) is 0 Å². The first-order valence-electron chi connectivity index (χ1n) is 8.38. The predicted octanol–water partition coefficient (Wildman–Crippen LogP) is 4.60. The molecule has 5 heteroatoms. The lowest BCUT2D eigenvalue weighted by atomic mass is 9.96. The van der Waals surface area contributed by atoms with Crippen LogP contribution in [0.5, 0.6) is 0 Å². The molecule has 1 fully saturated rings. The van der Waals surface area contributed by atoms with E-state index in [1.165, 1.54) is 6.07 Å². The van der Waals surface area contributed by atoms with Crippen LogP contribution in [-0.2, 0) is 12.7 Å². The van der Waals surface area contributed by atoms with Crippen molar-refractivity contribution in [3.8, 4) is 0 Å². The van der Waals surface area contributed by atoms with Crippen molar-refractivity contribution < 1.29 is 13.2 Å². The summed E-state index contributed by atoms with van der Waals surface area (Å²) >= 11 is 0. The largest absolute Gasteiger partial charge is 0.416 e. The van der Waals surface area contributed by atoms with Crippen molar-refractivity contribution in [2.45, 2.75) is 46.3 Å². The minimum atomic E-state index is -4.28. The van der Waals surface area contributed by atoms with Gasteiger partial charge in [0.15, 0.2) is 0 Å². The third kappa shape index (κ3) is 5.81. The van der Waals surface area contributed by atoms with Crippen LogP contribution in [0.4, 0.5) is 13.2 Å². The van der Waals surface area contributed by atoms with Crippen molar-refractivity contribution in [3.63, 3.8) is 0 Å². The predicted molar refractivity (Wildman–Crippen MR) is 89.7 cm³/mol. The van der Waals surface area contributed by atoms with Crippen LogP contribution in [0.2, 0.25) is 0 Å². The van der Waals surface area contributed by atoms with Crippen molar-refractivity contribution in [1.82, 2.24) is 9.80 Å². The smallest absolute Gasteiger partial charge is 0.304 e. The molecule has 0 spiro atoms. The molecule has 0 bridgehead atoms. The van der Waals surface area contributed by atoms with Gasteiger partial charge < -0.3 is 4.90 Å². The number of hydrogen-bond acceptors (Lipinski definition) is 2. The molecule has 0 unspecified atom stereocenters. The summed E-state index contributed by atoms with van der Waals surface area (Å²) in [5.74, 6) is 0.101. The molecule has 1 aliphatic rings. The van der Waals surface area contributed by atoms with E-state index in [1.54, 1.807) is 6.07 Å². The van der Waals surface area contributed by atoms with Crippen LogP contribution in [-0.4, -0.2) is 43.0 Å². The number of nitrogens with zero attached hydrogens (tertiary/aromatic N) is 2. The van der Waals surface area contributed by atoms with Crippen LogP contribution in [0.15, 0.2) is 18.2 Å². The molecule has 1 aromatic rings. The second-order valence-corrected chi connectivity index (χ2v) is 6.15. The minimum absolute atomic E-state index is 0.101. The molecular formula is C18H29F3N2. The Bertz CT molecular complexity index is 476. The van der Waals surface area contributed by atoms with Gasteiger partial charge in [0.25, 0.3) is 0 Å². The van der Waals surface area contributed by atoms with Crippen LogP contribution in [0.1, 0.15) is 50.3 Å². The van der Waals surface area contributed by atoms with E-state index in [1.807, 2.05) is 40.8 Å². The SMILES string of the molecule is CC.CC(C)c1ccc(CN2CCN(C)CC2)c(C(F)(F)F)c1. The van der Waals surface area contributed by atoms with Gasteiger partial charge >= 0.3 is 6.18 Å². The summed E-state index contributed by atoms with van der Waals surface area (Å²) in [4.78, 5) is 4.29. The van der Waals surface area contributed by atoms with Crippen molar-refractivity contribution >= 4 is 0 Å². The fourth-order valence-electron chi connectivity index (χ4n) is 2.60. The first kappa shape index (κ1) is 20.0. The maximum absolute atomic E-state index is 13.3. The van der Waals surface area contributed by atoms with E-state index in [0.717, 1.165) is 31.7 Å². The number of rotatable bonds is 3. The van der Waals surface area contributed by atoms with E-state index in [9.17, 15) is 13.2 Å². The standard InChI is InChI=1S/C16H23F3N2.C2H6/c1-12(2)13-4-5-14(15(10-13)16(17,18)19)11-21-8-6-20(3)7-9-21;1-2/h4-5,10,12H,6-9,11H2,1-3H3;1-2H3. The quantitative estimate of drug-likeness (QED) is 0.799. The normalized spacial score (nSPS) is 17.1. The molecule has 23 heavy (non-hydrogen) atoms. The summed E-state index contributed by atoms with van der Waals surface area (Å²) in [6.07, 6.45) is -4.28. The van der Waals surface area contributed by atoms with Gasteiger partial charge in [-0.3, -0.25) is 4.90 Å². The lowest BCUT2D eigenvalue weighted by molar-refractivity contribution is -0.138. The van der Waals surface area contributed by atoms with Crippen LogP contribution in [0, 0.1) is 0 Å². The molecule has 0 amide bonds. The van der Waals surface area contributed by atoms with E-state index in [4.69, 9.17) is 0 Å². The Morgan fingerprint density at radius 2 is 1.61 bits per heavy atom. The topological polar surface area (TPSA) is 6.48 Å². The van der Waals surface area contributed by atoms with Crippen molar-refractivity contribution in [2.75, 3.05) is 33.2 Å². The first-order valence-corrected chi connectivity index (χ1v) is 8.38. The third-order valence-corrected chi connectivity index (χ3v) is 4.10. The monoisotopic (exact) mass is 330 g/mol. The molecule has 0 atom stereocenters. The van der Waals surface area contributed by atoms with Gasteiger partial charge in [-0.1, -0.05) is 39.8 Å². The van der Waals surface area contributed by atoms with Crippen LogP contribution >= 0.6 is 0 Å². The second kappa shape index (κ2) is 8.69. The summed E-state index contributed by atoms with van der Waals surface area (Å²) in [5, 5.41) is 0. The molecule has 1 heterocycles. The minimum Gasteiger partial charge on any atom is -0.304 e. The highest BCUT2D eigenvalue weighted by atomic mass is 19.4. The Labute approximate surface area is 138 Å². The van der Waals surface area contributed by atoms with E-state index in [0.29, 0.717) is 12.1 Å². The van der Waals surface area contributed by atoms with Gasteiger partial charge in [-0.05, 0) is 30.2 Å². The molecular weight excluding hydrogens is 301 g/mol. The second-order valence-electron chi connectivity index (χ2n) is 6.15. The molecule has 0 aliphatic carbocycles. The molecule has 0 radical (unpaired) electrons. The van der Waals surface area contributed by atoms with Crippen LogP contribution in [0.25, 0.3) is 0 Å². The average Bonchev–Trinajstić information content (AvgIpc) is 2.50. The Morgan fingerprint density at radius 3 is 2.09 bits per heavy atom. The average molecular weight is 330 g/mol. The lowest BCUT2D eigenvalue weighted by Crippen LogP contribution is -2.44. The van der Waals surface area contributed by atoms with E-state index in [-0.39, 0.29) is 5.92 Å². The van der Waals surface area contributed by atoms with Crippen LogP contribution in [0.3, 0.4) is 0 Å². The fourth-order valence-corrected chi connectivity index (χ4v) is 2.60. The highest BCUT2D eigenvalue weighted by Gasteiger charge is 2.34. The van der Waals surface area contributed by atoms with Gasteiger partial charge in [-0.2, -0.15) is 13.2 Å². The Hall–Kier alpha value is -1.07. The number of alkyl halides is 3. The van der Waals surface area contributed by atoms with Gasteiger partial charge in [0, 0.05) is 32.7 Å². The van der Waals surface area contributed by atoms with E-state index in [2.05, 4.69) is 9.80 Å². The molecule has 1 aliphatic heterocycles. The molecule has 0 aromatic heterocycles. The summed E-state index contributed by atoms with van der Waals surface area (Å²) < 4.78 is 39.8. The molecule has 132 valence electrons. The Balaban J connectivity index is 0.00000127. The van der Waals surface area contributed by atoms with Crippen molar-refractivity contribution in [2.24, 2.45) is 0 Å². The zero-order valence-corrected chi connectivity index (χ0v) is 14.9. The summed E-state index contributed by atoms with van der Waals surface area (Å²) in [6, 6.07) is 4.79. The molecule has 1 aromatic carbocycles. The molecule has 0 N–H and O–H groups in total. The van der Waals surface area contributed by atoms with E-state index >= 15 is 0 Å². The zero-order valence-electron chi connectivity index (χ0n) is 14.9. The van der Waals surface area contributed by atoms with Gasteiger partial charge in [-0.25, -0.2) is 0 Å². The number of hydrogen-bond donors (Lipinski definition) is 0. The Kier molecular flexibility index (Phi) is 7.55. The van der Waals surface area contributed by atoms with Crippen LogP contribution < -0.4 is 0 Å². The summed E-state index contributed by atoms with van der Waals surface area (Å²) in [6.45, 7) is 11.7. The molecule has 2 nitrogen and oxygen atoms in total. The fraction of sp³-hybridized carbons (Fsp3) is 0.667. The van der Waals surface area contributed by atoms with Crippen molar-refractivity contribution in [1.29, 1.82) is 0 Å². The highest BCUT2D eigenvalue weighted by molar-refractivity contribution is 5.35. The lowest BCUT2D eigenvalue weighted by Gasteiger charge is -2.33. The Morgan fingerprint density at radius 1 is 1.04 bits per heavy atom. The summed E-state index contributed by atoms with van der Waals surface area (Å²) in [5.41, 5.74) is 0.647. The first-order chi connectivity index (χ1) is 10.8. The third-order valence-electron chi connectivity index (χ3n) is 4.10. The number of halogens is 3. The zero-order chi connectivity index (χ0) is 17.6. The van der Waals surface area contributed by atoms with Gasteiger partial charge in [0.1, 0.15) is 0 Å².